The molecule has 2 aliphatic rings. The van der Waals surface area contributed by atoms with Crippen molar-refractivity contribution in [1.29, 1.82) is 0 Å². The first-order valence-corrected chi connectivity index (χ1v) is 5.79. The number of nitrogens with one attached hydrogen (secondary N) is 1. The van der Waals surface area contributed by atoms with Crippen LogP contribution in [0, 0.1) is 0 Å². The van der Waals surface area contributed by atoms with Gasteiger partial charge in [-0.15, -0.1) is 0 Å². The van der Waals surface area contributed by atoms with Crippen LogP contribution >= 0.6 is 0 Å². The summed E-state index contributed by atoms with van der Waals surface area (Å²) in [5.41, 5.74) is 0. The molecule has 82 valence electrons. The van der Waals surface area contributed by atoms with Crippen LogP contribution < -0.4 is 5.32 Å². The fraction of sp³-hybridized carbons (Fsp3) is 0.727. The molecule has 2 heterocycles. The molecule has 1 saturated heterocycles. The third-order valence-electron chi connectivity index (χ3n) is 3.09. The van der Waals surface area contributed by atoms with Crippen LogP contribution in [0.3, 0.4) is 0 Å². The van der Waals surface area contributed by atoms with E-state index in [9.17, 15) is 0 Å². The van der Waals surface area contributed by atoms with Crippen LogP contribution in [0.1, 0.15) is 30.4 Å². The maximum absolute atomic E-state index is 5.74. The van der Waals surface area contributed by atoms with Gasteiger partial charge in [-0.2, -0.15) is 0 Å². The van der Waals surface area contributed by atoms with E-state index in [1.165, 1.54) is 12.8 Å². The summed E-state index contributed by atoms with van der Waals surface area (Å²) in [6.45, 7) is 5.31. The van der Waals surface area contributed by atoms with Gasteiger partial charge in [0.2, 0.25) is 0 Å². The first kappa shape index (κ1) is 9.36. The van der Waals surface area contributed by atoms with E-state index in [1.54, 1.807) is 0 Å². The molecule has 0 spiro atoms. The van der Waals surface area contributed by atoms with Gasteiger partial charge < -0.3 is 9.73 Å². The molecule has 0 unspecified atom stereocenters. The number of hydrogen-bond acceptors (Lipinski definition) is 4. The SMILES string of the molecule is c1nc(C2CC2)oc1CN1CCNCC1. The Labute approximate surface area is 89.7 Å². The number of nitrogens with zero attached hydrogens (tertiary/aromatic N) is 2. The molecule has 1 aliphatic carbocycles. The summed E-state index contributed by atoms with van der Waals surface area (Å²) in [6, 6.07) is 0. The molecule has 1 saturated carbocycles. The van der Waals surface area contributed by atoms with Crippen LogP contribution in [-0.4, -0.2) is 36.1 Å². The number of rotatable bonds is 3. The second-order valence-electron chi connectivity index (χ2n) is 4.47. The molecule has 0 amide bonds. The zero-order chi connectivity index (χ0) is 10.1. The molecule has 0 aromatic carbocycles. The lowest BCUT2D eigenvalue weighted by Gasteiger charge is -2.25. The molecular formula is C11H17N3O. The fourth-order valence-corrected chi connectivity index (χ4v) is 2.00. The molecule has 15 heavy (non-hydrogen) atoms. The largest absolute Gasteiger partial charge is 0.444 e. The van der Waals surface area contributed by atoms with Crippen LogP contribution in [0.15, 0.2) is 10.6 Å². The third kappa shape index (κ3) is 2.21. The highest BCUT2D eigenvalue weighted by Gasteiger charge is 2.28. The zero-order valence-electron chi connectivity index (χ0n) is 8.91. The number of aromatic nitrogens is 1. The molecule has 3 rings (SSSR count). The maximum Gasteiger partial charge on any atom is 0.197 e. The van der Waals surface area contributed by atoms with E-state index < -0.39 is 0 Å². The lowest BCUT2D eigenvalue weighted by molar-refractivity contribution is 0.214. The molecule has 1 aliphatic heterocycles. The van der Waals surface area contributed by atoms with E-state index in [2.05, 4.69) is 15.2 Å². The summed E-state index contributed by atoms with van der Waals surface area (Å²) in [5.74, 6) is 2.61. The van der Waals surface area contributed by atoms with Gasteiger partial charge in [-0.05, 0) is 12.8 Å². The van der Waals surface area contributed by atoms with Crippen LogP contribution in [0.4, 0.5) is 0 Å². The molecule has 4 nitrogen and oxygen atoms in total. The van der Waals surface area contributed by atoms with Crippen molar-refractivity contribution < 1.29 is 4.42 Å². The Bertz CT molecular complexity index is 326. The van der Waals surface area contributed by atoms with Gasteiger partial charge in [-0.1, -0.05) is 0 Å². The van der Waals surface area contributed by atoms with Crippen LogP contribution in [0.2, 0.25) is 0 Å². The Balaban J connectivity index is 1.60. The summed E-state index contributed by atoms with van der Waals surface area (Å²) in [4.78, 5) is 6.75. The van der Waals surface area contributed by atoms with Crippen molar-refractivity contribution in [2.24, 2.45) is 0 Å². The first-order chi connectivity index (χ1) is 7.42. The van der Waals surface area contributed by atoms with Crippen LogP contribution in [0.5, 0.6) is 0 Å². The van der Waals surface area contributed by atoms with Gasteiger partial charge in [-0.3, -0.25) is 4.90 Å². The maximum atomic E-state index is 5.74. The normalized spacial score (nSPS) is 23.2. The summed E-state index contributed by atoms with van der Waals surface area (Å²) in [5, 5.41) is 3.35. The second kappa shape index (κ2) is 3.94. The number of oxazole rings is 1. The van der Waals surface area contributed by atoms with Crippen molar-refractivity contribution in [3.8, 4) is 0 Å². The fourth-order valence-electron chi connectivity index (χ4n) is 2.00. The monoisotopic (exact) mass is 207 g/mol. The van der Waals surface area contributed by atoms with E-state index in [4.69, 9.17) is 4.42 Å². The van der Waals surface area contributed by atoms with E-state index in [0.717, 1.165) is 44.4 Å². The highest BCUT2D eigenvalue weighted by Crippen LogP contribution is 2.39. The van der Waals surface area contributed by atoms with E-state index in [0.29, 0.717) is 5.92 Å². The van der Waals surface area contributed by atoms with Gasteiger partial charge in [0.25, 0.3) is 0 Å². The van der Waals surface area contributed by atoms with Crippen molar-refractivity contribution in [3.05, 3.63) is 17.8 Å². The molecule has 2 fully saturated rings. The molecule has 4 heteroatoms. The van der Waals surface area contributed by atoms with Crippen molar-refractivity contribution in [2.45, 2.75) is 25.3 Å². The predicted octanol–water partition coefficient (Wildman–Crippen LogP) is 0.957. The molecule has 0 atom stereocenters. The summed E-state index contributed by atoms with van der Waals surface area (Å²) in [6.07, 6.45) is 4.41. The van der Waals surface area contributed by atoms with Gasteiger partial charge in [0.15, 0.2) is 5.89 Å². The summed E-state index contributed by atoms with van der Waals surface area (Å²) < 4.78 is 5.74. The average molecular weight is 207 g/mol. The minimum absolute atomic E-state index is 0.627. The van der Waals surface area contributed by atoms with E-state index in [1.807, 2.05) is 6.20 Å². The van der Waals surface area contributed by atoms with E-state index in [-0.39, 0.29) is 0 Å². The van der Waals surface area contributed by atoms with Crippen LogP contribution in [-0.2, 0) is 6.54 Å². The molecule has 1 aromatic heterocycles. The predicted molar refractivity (Wildman–Crippen MR) is 56.6 cm³/mol. The van der Waals surface area contributed by atoms with Crippen molar-refractivity contribution in [3.63, 3.8) is 0 Å². The Morgan fingerprint density at radius 3 is 2.93 bits per heavy atom. The second-order valence-corrected chi connectivity index (χ2v) is 4.47. The molecule has 0 bridgehead atoms. The average Bonchev–Trinajstić information content (AvgIpc) is 3.02. The molecule has 0 radical (unpaired) electrons. The smallest absolute Gasteiger partial charge is 0.197 e. The Hall–Kier alpha value is -0.870. The first-order valence-electron chi connectivity index (χ1n) is 5.79. The third-order valence-corrected chi connectivity index (χ3v) is 3.09. The van der Waals surface area contributed by atoms with Crippen molar-refractivity contribution in [1.82, 2.24) is 15.2 Å². The van der Waals surface area contributed by atoms with Crippen LogP contribution in [0.25, 0.3) is 0 Å². The van der Waals surface area contributed by atoms with Gasteiger partial charge in [-0.25, -0.2) is 4.98 Å². The highest BCUT2D eigenvalue weighted by atomic mass is 16.4. The van der Waals surface area contributed by atoms with Crippen molar-refractivity contribution >= 4 is 0 Å². The van der Waals surface area contributed by atoms with Gasteiger partial charge >= 0.3 is 0 Å². The Kier molecular flexibility index (Phi) is 2.46. The minimum Gasteiger partial charge on any atom is -0.444 e. The number of piperazine rings is 1. The molecular weight excluding hydrogens is 190 g/mol. The quantitative estimate of drug-likeness (QED) is 0.801. The lowest BCUT2D eigenvalue weighted by atomic mass is 10.3. The Morgan fingerprint density at radius 2 is 2.20 bits per heavy atom. The number of hydrogen-bond donors (Lipinski definition) is 1. The highest BCUT2D eigenvalue weighted by molar-refractivity contribution is 5.04. The zero-order valence-corrected chi connectivity index (χ0v) is 8.91. The van der Waals surface area contributed by atoms with Gasteiger partial charge in [0.1, 0.15) is 5.76 Å². The van der Waals surface area contributed by atoms with Crippen molar-refractivity contribution in [2.75, 3.05) is 26.2 Å². The standard InChI is InChI=1S/C11H17N3O/c1-2-9(1)11-13-7-10(15-11)8-14-5-3-12-4-6-14/h7,9,12H,1-6,8H2. The molecule has 1 aromatic rings. The summed E-state index contributed by atoms with van der Waals surface area (Å²) >= 11 is 0. The van der Waals surface area contributed by atoms with Gasteiger partial charge in [0.05, 0.1) is 12.7 Å². The minimum atomic E-state index is 0.627. The topological polar surface area (TPSA) is 41.3 Å². The van der Waals surface area contributed by atoms with Gasteiger partial charge in [0, 0.05) is 32.1 Å². The lowest BCUT2D eigenvalue weighted by Crippen LogP contribution is -2.42. The molecule has 1 N–H and O–H groups in total. The van der Waals surface area contributed by atoms with E-state index >= 15 is 0 Å². The summed E-state index contributed by atoms with van der Waals surface area (Å²) in [7, 11) is 0. The Morgan fingerprint density at radius 1 is 1.40 bits per heavy atom.